The van der Waals surface area contributed by atoms with Gasteiger partial charge in [0.15, 0.2) is 0 Å². The first-order chi connectivity index (χ1) is 7.13. The van der Waals surface area contributed by atoms with Gasteiger partial charge in [-0.1, -0.05) is 31.0 Å². The third-order valence-electron chi connectivity index (χ3n) is 2.67. The molecule has 1 rings (SSSR count). The largest absolute Gasteiger partial charge is 0.310 e. The van der Waals surface area contributed by atoms with Crippen molar-refractivity contribution in [3.63, 3.8) is 0 Å². The quantitative estimate of drug-likeness (QED) is 0.801. The van der Waals surface area contributed by atoms with E-state index in [1.165, 1.54) is 24.0 Å². The van der Waals surface area contributed by atoms with Gasteiger partial charge in [0, 0.05) is 17.6 Å². The topological polar surface area (TPSA) is 12.0 Å². The average molecular weight is 226 g/mol. The van der Waals surface area contributed by atoms with Gasteiger partial charge in [0.2, 0.25) is 0 Å². The summed E-state index contributed by atoms with van der Waals surface area (Å²) in [6.45, 7) is 7.48. The molecule has 1 aromatic carbocycles. The third kappa shape index (κ3) is 4.23. The van der Waals surface area contributed by atoms with E-state index in [-0.39, 0.29) is 0 Å². The van der Waals surface area contributed by atoms with Crippen molar-refractivity contribution in [3.8, 4) is 0 Å². The van der Waals surface area contributed by atoms with Gasteiger partial charge in [-0.2, -0.15) is 0 Å². The first-order valence-corrected chi connectivity index (χ1v) is 5.99. The van der Waals surface area contributed by atoms with Crippen molar-refractivity contribution < 1.29 is 0 Å². The van der Waals surface area contributed by atoms with Crippen LogP contribution in [0.4, 0.5) is 0 Å². The Morgan fingerprint density at radius 1 is 1.40 bits per heavy atom. The standard InChI is InChI=1S/C13H20ClN/c1-4-5-11(3)15-9-12-6-7-13(14)8-10(12)2/h6-8,11,15H,4-5,9H2,1-3H3. The second-order valence-corrected chi connectivity index (χ2v) is 4.58. The maximum absolute atomic E-state index is 5.91. The zero-order valence-electron chi connectivity index (χ0n) is 9.81. The van der Waals surface area contributed by atoms with Crippen LogP contribution < -0.4 is 5.32 Å². The van der Waals surface area contributed by atoms with Gasteiger partial charge in [0.05, 0.1) is 0 Å². The Morgan fingerprint density at radius 3 is 2.73 bits per heavy atom. The van der Waals surface area contributed by atoms with E-state index in [0.29, 0.717) is 6.04 Å². The Kier molecular flexibility index (Phi) is 5.13. The second kappa shape index (κ2) is 6.14. The van der Waals surface area contributed by atoms with Crippen molar-refractivity contribution >= 4 is 11.6 Å². The fraction of sp³-hybridized carbons (Fsp3) is 0.538. The molecule has 0 saturated carbocycles. The Labute approximate surface area is 97.8 Å². The molecule has 84 valence electrons. The SMILES string of the molecule is CCCC(C)NCc1ccc(Cl)cc1C. The van der Waals surface area contributed by atoms with E-state index < -0.39 is 0 Å². The number of rotatable bonds is 5. The summed E-state index contributed by atoms with van der Waals surface area (Å²) in [6.07, 6.45) is 2.46. The average Bonchev–Trinajstić information content (AvgIpc) is 2.17. The van der Waals surface area contributed by atoms with Crippen molar-refractivity contribution in [3.05, 3.63) is 34.3 Å². The van der Waals surface area contributed by atoms with E-state index in [1.807, 2.05) is 12.1 Å². The lowest BCUT2D eigenvalue weighted by molar-refractivity contribution is 0.508. The molecular weight excluding hydrogens is 206 g/mol. The molecular formula is C13H20ClN. The molecule has 1 aromatic rings. The molecule has 15 heavy (non-hydrogen) atoms. The van der Waals surface area contributed by atoms with Crippen molar-refractivity contribution in [2.45, 2.75) is 46.2 Å². The van der Waals surface area contributed by atoms with Crippen LogP contribution >= 0.6 is 11.6 Å². The van der Waals surface area contributed by atoms with Gasteiger partial charge in [-0.15, -0.1) is 0 Å². The van der Waals surface area contributed by atoms with E-state index in [2.05, 4.69) is 32.2 Å². The van der Waals surface area contributed by atoms with E-state index in [1.54, 1.807) is 0 Å². The van der Waals surface area contributed by atoms with Crippen LogP contribution in [0.25, 0.3) is 0 Å². The highest BCUT2D eigenvalue weighted by Crippen LogP contribution is 2.15. The summed E-state index contributed by atoms with van der Waals surface area (Å²) in [6, 6.07) is 6.66. The number of hydrogen-bond donors (Lipinski definition) is 1. The molecule has 0 aliphatic rings. The maximum atomic E-state index is 5.91. The number of benzene rings is 1. The van der Waals surface area contributed by atoms with E-state index in [4.69, 9.17) is 11.6 Å². The molecule has 2 heteroatoms. The summed E-state index contributed by atoms with van der Waals surface area (Å²) >= 11 is 5.91. The first kappa shape index (κ1) is 12.5. The molecule has 0 aromatic heterocycles. The predicted octanol–water partition coefficient (Wildman–Crippen LogP) is 3.93. The monoisotopic (exact) mass is 225 g/mol. The van der Waals surface area contributed by atoms with Crippen LogP contribution in [0.2, 0.25) is 5.02 Å². The van der Waals surface area contributed by atoms with Crippen LogP contribution in [-0.4, -0.2) is 6.04 Å². The van der Waals surface area contributed by atoms with Gasteiger partial charge in [-0.25, -0.2) is 0 Å². The van der Waals surface area contributed by atoms with E-state index in [9.17, 15) is 0 Å². The molecule has 0 amide bonds. The summed E-state index contributed by atoms with van der Waals surface area (Å²) in [5, 5.41) is 4.33. The molecule has 0 bridgehead atoms. The first-order valence-electron chi connectivity index (χ1n) is 5.62. The molecule has 0 radical (unpaired) electrons. The molecule has 0 saturated heterocycles. The highest BCUT2D eigenvalue weighted by atomic mass is 35.5. The number of hydrogen-bond acceptors (Lipinski definition) is 1. The van der Waals surface area contributed by atoms with Crippen molar-refractivity contribution in [1.29, 1.82) is 0 Å². The molecule has 0 fully saturated rings. The molecule has 0 aliphatic heterocycles. The Hall–Kier alpha value is -0.530. The van der Waals surface area contributed by atoms with Crippen LogP contribution in [0.5, 0.6) is 0 Å². The fourth-order valence-corrected chi connectivity index (χ4v) is 1.90. The molecule has 0 spiro atoms. The number of halogens is 1. The third-order valence-corrected chi connectivity index (χ3v) is 2.90. The molecule has 1 N–H and O–H groups in total. The highest BCUT2D eigenvalue weighted by Gasteiger charge is 2.02. The van der Waals surface area contributed by atoms with Crippen molar-refractivity contribution in [2.75, 3.05) is 0 Å². The van der Waals surface area contributed by atoms with Crippen LogP contribution in [0.3, 0.4) is 0 Å². The summed E-state index contributed by atoms with van der Waals surface area (Å²) in [5.74, 6) is 0. The van der Waals surface area contributed by atoms with E-state index >= 15 is 0 Å². The summed E-state index contributed by atoms with van der Waals surface area (Å²) in [4.78, 5) is 0. The van der Waals surface area contributed by atoms with Crippen molar-refractivity contribution in [1.82, 2.24) is 5.32 Å². The molecule has 1 unspecified atom stereocenters. The molecule has 0 aliphatic carbocycles. The predicted molar refractivity (Wildman–Crippen MR) is 67.4 cm³/mol. The summed E-state index contributed by atoms with van der Waals surface area (Å²) in [5.41, 5.74) is 2.60. The van der Waals surface area contributed by atoms with E-state index in [0.717, 1.165) is 11.6 Å². The Bertz CT molecular complexity index is 309. The van der Waals surface area contributed by atoms with Crippen LogP contribution in [0.1, 0.15) is 37.8 Å². The molecule has 1 atom stereocenters. The minimum absolute atomic E-state index is 0.588. The van der Waals surface area contributed by atoms with Gasteiger partial charge in [-0.05, 0) is 43.5 Å². The number of aryl methyl sites for hydroxylation is 1. The molecule has 0 heterocycles. The lowest BCUT2D eigenvalue weighted by Gasteiger charge is -2.14. The normalized spacial score (nSPS) is 12.8. The lowest BCUT2D eigenvalue weighted by atomic mass is 10.1. The van der Waals surface area contributed by atoms with Gasteiger partial charge in [-0.3, -0.25) is 0 Å². The van der Waals surface area contributed by atoms with Gasteiger partial charge < -0.3 is 5.32 Å². The van der Waals surface area contributed by atoms with Gasteiger partial charge >= 0.3 is 0 Å². The van der Waals surface area contributed by atoms with Crippen LogP contribution in [-0.2, 0) is 6.54 Å². The fourth-order valence-electron chi connectivity index (χ4n) is 1.68. The Balaban J connectivity index is 2.50. The zero-order chi connectivity index (χ0) is 11.3. The van der Waals surface area contributed by atoms with Gasteiger partial charge in [0.25, 0.3) is 0 Å². The smallest absolute Gasteiger partial charge is 0.0408 e. The Morgan fingerprint density at radius 2 is 2.13 bits per heavy atom. The van der Waals surface area contributed by atoms with Crippen LogP contribution in [0.15, 0.2) is 18.2 Å². The lowest BCUT2D eigenvalue weighted by Crippen LogP contribution is -2.25. The second-order valence-electron chi connectivity index (χ2n) is 4.14. The maximum Gasteiger partial charge on any atom is 0.0408 e. The zero-order valence-corrected chi connectivity index (χ0v) is 10.6. The highest BCUT2D eigenvalue weighted by molar-refractivity contribution is 6.30. The minimum Gasteiger partial charge on any atom is -0.310 e. The summed E-state index contributed by atoms with van der Waals surface area (Å²) < 4.78 is 0. The van der Waals surface area contributed by atoms with Gasteiger partial charge in [0.1, 0.15) is 0 Å². The number of nitrogens with one attached hydrogen (secondary N) is 1. The van der Waals surface area contributed by atoms with Crippen LogP contribution in [0, 0.1) is 6.92 Å². The molecule has 1 nitrogen and oxygen atoms in total. The van der Waals surface area contributed by atoms with Crippen molar-refractivity contribution in [2.24, 2.45) is 0 Å². The summed E-state index contributed by atoms with van der Waals surface area (Å²) in [7, 11) is 0. The minimum atomic E-state index is 0.588.